The molecule has 0 radical (unpaired) electrons. The van der Waals surface area contributed by atoms with Gasteiger partial charge in [0, 0.05) is 22.7 Å². The lowest BCUT2D eigenvalue weighted by atomic mass is 10.1. The molecule has 0 bridgehead atoms. The maximum Gasteiger partial charge on any atom is 0.338 e. The zero-order valence-electron chi connectivity index (χ0n) is 14.9. The standard InChI is InChI=1S/C18H17ClN2O6/c1-10-4-5-12(7-15(10)21(24)25)18(23)27-9-17(22)20-14-6-11(2)13(19)8-16(14)26-3/h4-8H,9H2,1-3H3,(H,20,22). The van der Waals surface area contributed by atoms with Crippen molar-refractivity contribution in [3.8, 4) is 5.75 Å². The minimum atomic E-state index is -0.840. The number of anilines is 1. The number of hydrogen-bond acceptors (Lipinski definition) is 6. The van der Waals surface area contributed by atoms with E-state index in [-0.39, 0.29) is 11.3 Å². The molecule has 0 saturated carbocycles. The maximum atomic E-state index is 12.1. The van der Waals surface area contributed by atoms with Gasteiger partial charge in [-0.25, -0.2) is 4.79 Å². The third-order valence-electron chi connectivity index (χ3n) is 3.73. The molecule has 142 valence electrons. The van der Waals surface area contributed by atoms with E-state index < -0.39 is 23.4 Å². The van der Waals surface area contributed by atoms with E-state index in [1.807, 2.05) is 0 Å². The summed E-state index contributed by atoms with van der Waals surface area (Å²) in [6.45, 7) is 2.76. The number of halogens is 1. The highest BCUT2D eigenvalue weighted by Gasteiger charge is 2.17. The van der Waals surface area contributed by atoms with Gasteiger partial charge in [0.15, 0.2) is 6.61 Å². The molecule has 1 N–H and O–H groups in total. The summed E-state index contributed by atoms with van der Waals surface area (Å²) in [4.78, 5) is 34.5. The SMILES string of the molecule is COc1cc(Cl)c(C)cc1NC(=O)COC(=O)c1ccc(C)c([N+](=O)[O-])c1. The number of nitrogens with zero attached hydrogens (tertiary/aromatic N) is 1. The number of ether oxygens (including phenoxy) is 2. The molecule has 0 unspecified atom stereocenters. The number of hydrogen-bond donors (Lipinski definition) is 1. The number of esters is 1. The average Bonchev–Trinajstić information content (AvgIpc) is 2.62. The van der Waals surface area contributed by atoms with E-state index in [1.165, 1.54) is 19.2 Å². The van der Waals surface area contributed by atoms with Crippen LogP contribution in [0, 0.1) is 24.0 Å². The van der Waals surface area contributed by atoms with Crippen LogP contribution in [0.1, 0.15) is 21.5 Å². The van der Waals surface area contributed by atoms with Crippen LogP contribution in [0.15, 0.2) is 30.3 Å². The minimum Gasteiger partial charge on any atom is -0.495 e. The van der Waals surface area contributed by atoms with Crippen molar-refractivity contribution in [3.63, 3.8) is 0 Å². The van der Waals surface area contributed by atoms with Gasteiger partial charge in [-0.3, -0.25) is 14.9 Å². The van der Waals surface area contributed by atoms with Crippen LogP contribution < -0.4 is 10.1 Å². The molecule has 0 aliphatic rings. The summed E-state index contributed by atoms with van der Waals surface area (Å²) in [5.41, 5.74) is 1.32. The normalized spacial score (nSPS) is 10.2. The highest BCUT2D eigenvalue weighted by molar-refractivity contribution is 6.31. The summed E-state index contributed by atoms with van der Waals surface area (Å²) in [6, 6.07) is 7.14. The van der Waals surface area contributed by atoms with Crippen molar-refractivity contribution in [2.24, 2.45) is 0 Å². The molecule has 0 heterocycles. The molecule has 0 saturated heterocycles. The molecule has 8 nitrogen and oxygen atoms in total. The lowest BCUT2D eigenvalue weighted by Gasteiger charge is -2.12. The Morgan fingerprint density at radius 1 is 1.19 bits per heavy atom. The molecule has 0 fully saturated rings. The number of carbonyl (C=O) groups is 2. The predicted octanol–water partition coefficient (Wildman–Crippen LogP) is 3.67. The van der Waals surface area contributed by atoms with Crippen LogP contribution in [-0.2, 0) is 9.53 Å². The number of carbonyl (C=O) groups excluding carboxylic acids is 2. The molecular formula is C18H17ClN2O6. The molecule has 9 heteroatoms. The van der Waals surface area contributed by atoms with E-state index in [0.29, 0.717) is 22.0 Å². The van der Waals surface area contributed by atoms with Gasteiger partial charge < -0.3 is 14.8 Å². The van der Waals surface area contributed by atoms with Crippen molar-refractivity contribution in [2.75, 3.05) is 19.0 Å². The second-order valence-corrected chi connectivity index (χ2v) is 6.09. The van der Waals surface area contributed by atoms with E-state index in [4.69, 9.17) is 21.1 Å². The van der Waals surface area contributed by atoms with Gasteiger partial charge in [0.25, 0.3) is 11.6 Å². The average molecular weight is 393 g/mol. The van der Waals surface area contributed by atoms with Crippen LogP contribution in [0.25, 0.3) is 0 Å². The Balaban J connectivity index is 2.04. The number of nitro benzene ring substituents is 1. The first-order valence-electron chi connectivity index (χ1n) is 7.79. The predicted molar refractivity (Wildman–Crippen MR) is 99.5 cm³/mol. The molecule has 0 spiro atoms. The molecule has 27 heavy (non-hydrogen) atoms. The second-order valence-electron chi connectivity index (χ2n) is 5.68. The summed E-state index contributed by atoms with van der Waals surface area (Å²) >= 11 is 6.01. The Morgan fingerprint density at radius 3 is 2.52 bits per heavy atom. The number of benzene rings is 2. The lowest BCUT2D eigenvalue weighted by Crippen LogP contribution is -2.21. The van der Waals surface area contributed by atoms with Crippen molar-refractivity contribution >= 4 is 34.9 Å². The van der Waals surface area contributed by atoms with Crippen LogP contribution in [0.4, 0.5) is 11.4 Å². The Morgan fingerprint density at radius 2 is 1.89 bits per heavy atom. The maximum absolute atomic E-state index is 12.1. The van der Waals surface area contributed by atoms with E-state index >= 15 is 0 Å². The first-order chi connectivity index (χ1) is 12.7. The molecule has 2 aromatic rings. The zero-order valence-corrected chi connectivity index (χ0v) is 15.6. The van der Waals surface area contributed by atoms with Gasteiger partial charge in [0.2, 0.25) is 0 Å². The summed E-state index contributed by atoms with van der Waals surface area (Å²) in [7, 11) is 1.43. The molecule has 0 aromatic heterocycles. The van der Waals surface area contributed by atoms with Gasteiger partial charge in [-0.2, -0.15) is 0 Å². The first kappa shape index (κ1) is 20.2. The fourth-order valence-corrected chi connectivity index (χ4v) is 2.42. The van der Waals surface area contributed by atoms with Gasteiger partial charge in [0.1, 0.15) is 5.75 Å². The van der Waals surface area contributed by atoms with Crippen LogP contribution in [0.2, 0.25) is 5.02 Å². The smallest absolute Gasteiger partial charge is 0.338 e. The van der Waals surface area contributed by atoms with Gasteiger partial charge in [-0.05, 0) is 31.5 Å². The zero-order chi connectivity index (χ0) is 20.1. The highest BCUT2D eigenvalue weighted by Crippen LogP contribution is 2.30. The van der Waals surface area contributed by atoms with Gasteiger partial charge in [0.05, 0.1) is 23.3 Å². The Kier molecular flexibility index (Phi) is 6.36. The van der Waals surface area contributed by atoms with E-state index in [9.17, 15) is 19.7 Å². The fourth-order valence-electron chi connectivity index (χ4n) is 2.26. The lowest BCUT2D eigenvalue weighted by molar-refractivity contribution is -0.385. The molecule has 2 rings (SSSR count). The van der Waals surface area contributed by atoms with Crippen molar-refractivity contribution < 1.29 is 24.0 Å². The number of methoxy groups -OCH3 is 1. The quantitative estimate of drug-likeness (QED) is 0.456. The van der Waals surface area contributed by atoms with E-state index in [1.54, 1.807) is 26.0 Å². The number of nitro groups is 1. The van der Waals surface area contributed by atoms with Crippen LogP contribution in [-0.4, -0.2) is 30.5 Å². The number of nitrogens with one attached hydrogen (secondary N) is 1. The Bertz CT molecular complexity index is 913. The van der Waals surface area contributed by atoms with Crippen molar-refractivity contribution in [1.29, 1.82) is 0 Å². The molecular weight excluding hydrogens is 376 g/mol. The van der Waals surface area contributed by atoms with Crippen molar-refractivity contribution in [2.45, 2.75) is 13.8 Å². The minimum absolute atomic E-state index is 0.0139. The summed E-state index contributed by atoms with van der Waals surface area (Å²) < 4.78 is 10.1. The van der Waals surface area contributed by atoms with Crippen molar-refractivity contribution in [1.82, 2.24) is 0 Å². The van der Waals surface area contributed by atoms with Crippen LogP contribution >= 0.6 is 11.6 Å². The number of rotatable bonds is 6. The van der Waals surface area contributed by atoms with E-state index in [0.717, 1.165) is 11.6 Å². The van der Waals surface area contributed by atoms with Gasteiger partial charge >= 0.3 is 5.97 Å². The van der Waals surface area contributed by atoms with Gasteiger partial charge in [-0.1, -0.05) is 17.7 Å². The number of amides is 1. The molecule has 0 atom stereocenters. The monoisotopic (exact) mass is 392 g/mol. The third kappa shape index (κ3) is 4.95. The largest absolute Gasteiger partial charge is 0.495 e. The second kappa shape index (κ2) is 8.50. The molecule has 1 amide bonds. The van der Waals surface area contributed by atoms with Crippen LogP contribution in [0.3, 0.4) is 0 Å². The molecule has 0 aliphatic carbocycles. The third-order valence-corrected chi connectivity index (χ3v) is 4.14. The molecule has 2 aromatic carbocycles. The summed E-state index contributed by atoms with van der Waals surface area (Å²) in [5.74, 6) is -1.07. The first-order valence-corrected chi connectivity index (χ1v) is 8.17. The highest BCUT2D eigenvalue weighted by atomic mass is 35.5. The Labute approximate surface area is 160 Å². The Hall–Kier alpha value is -3.13. The fraction of sp³-hybridized carbons (Fsp3) is 0.222. The molecule has 0 aliphatic heterocycles. The van der Waals surface area contributed by atoms with E-state index in [2.05, 4.69) is 5.32 Å². The topological polar surface area (TPSA) is 108 Å². The summed E-state index contributed by atoms with van der Waals surface area (Å²) in [6.07, 6.45) is 0. The number of aryl methyl sites for hydroxylation is 2. The van der Waals surface area contributed by atoms with Crippen LogP contribution in [0.5, 0.6) is 5.75 Å². The summed E-state index contributed by atoms with van der Waals surface area (Å²) in [5, 5.41) is 14.0. The van der Waals surface area contributed by atoms with Gasteiger partial charge in [-0.15, -0.1) is 0 Å². The van der Waals surface area contributed by atoms with Crippen molar-refractivity contribution in [3.05, 3.63) is 62.2 Å².